The number of hydrogen-bond acceptors (Lipinski definition) is 3. The van der Waals surface area contributed by atoms with Crippen molar-refractivity contribution in [1.82, 2.24) is 0 Å². The zero-order chi connectivity index (χ0) is 8.53. The molecule has 11 heavy (non-hydrogen) atoms. The van der Waals surface area contributed by atoms with E-state index in [1.807, 2.05) is 6.92 Å². The summed E-state index contributed by atoms with van der Waals surface area (Å²) in [7, 11) is 0. The molecule has 2 nitrogen and oxygen atoms in total. The van der Waals surface area contributed by atoms with Crippen LogP contribution in [0, 0.1) is 11.3 Å². The number of thioether (sulfide) groups is 1. The van der Waals surface area contributed by atoms with E-state index in [4.69, 9.17) is 10.4 Å². The van der Waals surface area contributed by atoms with Gasteiger partial charge in [-0.15, -0.1) is 0 Å². The molecule has 3 heteroatoms. The summed E-state index contributed by atoms with van der Waals surface area (Å²) >= 11 is 1.77. The van der Waals surface area contributed by atoms with Gasteiger partial charge in [0.2, 0.25) is 0 Å². The van der Waals surface area contributed by atoms with Crippen molar-refractivity contribution >= 4 is 11.8 Å². The highest BCUT2D eigenvalue weighted by Crippen LogP contribution is 2.12. The molecule has 1 N–H and O–H groups in total. The second-order valence-corrected chi connectivity index (χ2v) is 4.03. The van der Waals surface area contributed by atoms with E-state index in [1.165, 1.54) is 0 Å². The normalized spacial score (nSPS) is 12.5. The van der Waals surface area contributed by atoms with E-state index in [1.54, 1.807) is 11.8 Å². The molecule has 0 saturated heterocycles. The molecule has 0 aromatic rings. The molecule has 0 bridgehead atoms. The summed E-state index contributed by atoms with van der Waals surface area (Å²) in [6.07, 6.45) is 2.73. The molecule has 0 rings (SSSR count). The Balaban J connectivity index is 2.97. The molecule has 0 radical (unpaired) electrons. The van der Waals surface area contributed by atoms with Crippen molar-refractivity contribution in [3.05, 3.63) is 0 Å². The molecule has 0 heterocycles. The topological polar surface area (TPSA) is 44.0 Å². The molecule has 0 amide bonds. The van der Waals surface area contributed by atoms with Crippen LogP contribution in [0.3, 0.4) is 0 Å². The second-order valence-electron chi connectivity index (χ2n) is 2.48. The molecule has 64 valence electrons. The summed E-state index contributed by atoms with van der Waals surface area (Å²) in [6.45, 7) is 2.26. The predicted molar refractivity (Wildman–Crippen MR) is 48.5 cm³/mol. The zero-order valence-electron chi connectivity index (χ0n) is 6.92. The number of nitriles is 1. The van der Waals surface area contributed by atoms with Gasteiger partial charge in [-0.2, -0.15) is 17.0 Å². The Kier molecular flexibility index (Phi) is 7.76. The number of aliphatic hydroxyl groups excluding tert-OH is 1. The van der Waals surface area contributed by atoms with Crippen LogP contribution in [0.1, 0.15) is 26.2 Å². The highest BCUT2D eigenvalue weighted by molar-refractivity contribution is 7.99. The van der Waals surface area contributed by atoms with Crippen LogP contribution in [0.15, 0.2) is 0 Å². The van der Waals surface area contributed by atoms with E-state index >= 15 is 0 Å². The van der Waals surface area contributed by atoms with Gasteiger partial charge in [-0.05, 0) is 18.6 Å². The van der Waals surface area contributed by atoms with E-state index in [0.717, 1.165) is 18.6 Å². The molecular formula is C8H15NOS. The summed E-state index contributed by atoms with van der Waals surface area (Å²) in [5.74, 6) is 1.06. The van der Waals surface area contributed by atoms with Crippen molar-refractivity contribution in [2.45, 2.75) is 31.4 Å². The highest BCUT2D eigenvalue weighted by Gasteiger charge is 1.98. The van der Waals surface area contributed by atoms with E-state index in [9.17, 15) is 0 Å². The van der Waals surface area contributed by atoms with Crippen molar-refractivity contribution < 1.29 is 5.11 Å². The summed E-state index contributed by atoms with van der Waals surface area (Å²) < 4.78 is 0. The maximum atomic E-state index is 8.66. The Morgan fingerprint density at radius 3 is 2.82 bits per heavy atom. The monoisotopic (exact) mass is 173 g/mol. The van der Waals surface area contributed by atoms with Crippen LogP contribution in [-0.4, -0.2) is 22.7 Å². The molecular weight excluding hydrogens is 158 g/mol. The van der Waals surface area contributed by atoms with E-state index < -0.39 is 0 Å². The van der Waals surface area contributed by atoms with Crippen LogP contribution < -0.4 is 0 Å². The Labute approximate surface area is 72.6 Å². The van der Waals surface area contributed by atoms with Gasteiger partial charge in [0, 0.05) is 11.7 Å². The molecule has 1 unspecified atom stereocenters. The minimum atomic E-state index is 0.253. The molecule has 0 aliphatic heterocycles. The van der Waals surface area contributed by atoms with Gasteiger partial charge in [-0.1, -0.05) is 6.92 Å². The lowest BCUT2D eigenvalue weighted by atomic mass is 10.3. The maximum Gasteiger partial charge on any atom is 0.0621 e. The first-order valence-electron chi connectivity index (χ1n) is 3.90. The van der Waals surface area contributed by atoms with Crippen molar-refractivity contribution in [3.63, 3.8) is 0 Å². The standard InChI is InChI=1S/C8H15NOS/c1-8(7-10)11-6-4-2-3-5-9/h8,10H,2-4,6-7H2,1H3. The molecule has 0 aliphatic carbocycles. The lowest BCUT2D eigenvalue weighted by Crippen LogP contribution is -2.02. The van der Waals surface area contributed by atoms with Gasteiger partial charge in [0.25, 0.3) is 0 Å². The molecule has 0 aromatic heterocycles. The first kappa shape index (κ1) is 10.8. The molecule has 0 saturated carbocycles. The van der Waals surface area contributed by atoms with Crippen LogP contribution in [0.5, 0.6) is 0 Å². The van der Waals surface area contributed by atoms with Gasteiger partial charge >= 0.3 is 0 Å². The summed E-state index contributed by atoms with van der Waals surface area (Å²) in [4.78, 5) is 0. The Bertz CT molecular complexity index is 122. The third-order valence-electron chi connectivity index (χ3n) is 1.34. The third-order valence-corrected chi connectivity index (χ3v) is 2.58. The van der Waals surface area contributed by atoms with Gasteiger partial charge < -0.3 is 5.11 Å². The molecule has 0 fully saturated rings. The minimum Gasteiger partial charge on any atom is -0.395 e. The Morgan fingerprint density at radius 2 is 2.27 bits per heavy atom. The Hall–Kier alpha value is -0.200. The van der Waals surface area contributed by atoms with Gasteiger partial charge in [0.05, 0.1) is 12.7 Å². The number of nitrogens with zero attached hydrogens (tertiary/aromatic N) is 1. The van der Waals surface area contributed by atoms with Crippen LogP contribution >= 0.6 is 11.8 Å². The first-order valence-corrected chi connectivity index (χ1v) is 4.95. The van der Waals surface area contributed by atoms with Gasteiger partial charge in [-0.3, -0.25) is 0 Å². The SMILES string of the molecule is CC(CO)SCCCCC#N. The van der Waals surface area contributed by atoms with E-state index in [-0.39, 0.29) is 6.61 Å². The lowest BCUT2D eigenvalue weighted by molar-refractivity contribution is 0.300. The predicted octanol–water partition coefficient (Wildman–Crippen LogP) is 1.79. The van der Waals surface area contributed by atoms with Crippen LogP contribution in [-0.2, 0) is 0 Å². The fourth-order valence-corrected chi connectivity index (χ4v) is 1.52. The molecule has 0 spiro atoms. The highest BCUT2D eigenvalue weighted by atomic mass is 32.2. The largest absolute Gasteiger partial charge is 0.395 e. The van der Waals surface area contributed by atoms with Crippen LogP contribution in [0.25, 0.3) is 0 Å². The van der Waals surface area contributed by atoms with Crippen molar-refractivity contribution in [2.75, 3.05) is 12.4 Å². The summed E-state index contributed by atoms with van der Waals surface area (Å²) in [6, 6.07) is 2.11. The van der Waals surface area contributed by atoms with Gasteiger partial charge in [0.1, 0.15) is 0 Å². The summed E-state index contributed by atoms with van der Waals surface area (Å²) in [5, 5.41) is 17.2. The number of unbranched alkanes of at least 4 members (excludes halogenated alkanes) is 2. The zero-order valence-corrected chi connectivity index (χ0v) is 7.73. The van der Waals surface area contributed by atoms with Crippen LogP contribution in [0.2, 0.25) is 0 Å². The number of aliphatic hydroxyl groups is 1. The first-order chi connectivity index (χ1) is 5.31. The van der Waals surface area contributed by atoms with Crippen molar-refractivity contribution in [2.24, 2.45) is 0 Å². The fourth-order valence-electron chi connectivity index (χ4n) is 0.643. The quantitative estimate of drug-likeness (QED) is 0.623. The molecule has 0 aliphatic rings. The smallest absolute Gasteiger partial charge is 0.0621 e. The lowest BCUT2D eigenvalue weighted by Gasteiger charge is -2.05. The molecule has 1 atom stereocenters. The average Bonchev–Trinajstić information content (AvgIpc) is 2.04. The Morgan fingerprint density at radius 1 is 1.55 bits per heavy atom. The van der Waals surface area contributed by atoms with Crippen molar-refractivity contribution in [1.29, 1.82) is 5.26 Å². The fraction of sp³-hybridized carbons (Fsp3) is 0.875. The second kappa shape index (κ2) is 7.90. The van der Waals surface area contributed by atoms with Crippen molar-refractivity contribution in [3.8, 4) is 6.07 Å². The molecule has 0 aromatic carbocycles. The van der Waals surface area contributed by atoms with Crippen LogP contribution in [0.4, 0.5) is 0 Å². The van der Waals surface area contributed by atoms with E-state index in [0.29, 0.717) is 11.7 Å². The maximum absolute atomic E-state index is 8.66. The summed E-state index contributed by atoms with van der Waals surface area (Å²) in [5.41, 5.74) is 0. The van der Waals surface area contributed by atoms with Gasteiger partial charge in [0.15, 0.2) is 0 Å². The third kappa shape index (κ3) is 7.70. The van der Waals surface area contributed by atoms with E-state index in [2.05, 4.69) is 6.07 Å². The average molecular weight is 173 g/mol. The number of rotatable bonds is 6. The minimum absolute atomic E-state index is 0.253. The number of hydrogen-bond donors (Lipinski definition) is 1. The van der Waals surface area contributed by atoms with Gasteiger partial charge in [-0.25, -0.2) is 0 Å².